The predicted octanol–water partition coefficient (Wildman–Crippen LogP) is 5.75. The van der Waals surface area contributed by atoms with Crippen LogP contribution in [0.15, 0.2) is 78.9 Å². The van der Waals surface area contributed by atoms with Crippen LogP contribution in [-0.4, -0.2) is 49.5 Å². The van der Waals surface area contributed by atoms with Crippen LogP contribution in [0.4, 0.5) is 0 Å². The third-order valence-corrected chi connectivity index (χ3v) is 7.09. The minimum Gasteiger partial charge on any atom is -0.382 e. The van der Waals surface area contributed by atoms with Crippen molar-refractivity contribution in [1.29, 1.82) is 0 Å². The summed E-state index contributed by atoms with van der Waals surface area (Å²) in [7, 11) is 0. The van der Waals surface area contributed by atoms with Crippen molar-refractivity contribution in [1.82, 2.24) is 0 Å². The first-order chi connectivity index (χ1) is 18.7. The molecule has 1 fully saturated rings. The highest BCUT2D eigenvalue weighted by Crippen LogP contribution is 2.31. The molecule has 0 atom stereocenters. The van der Waals surface area contributed by atoms with Crippen molar-refractivity contribution in [2.75, 3.05) is 0 Å². The third kappa shape index (κ3) is 8.28. The van der Waals surface area contributed by atoms with Crippen LogP contribution >= 0.6 is 0 Å². The van der Waals surface area contributed by atoms with Gasteiger partial charge in [-0.05, 0) is 58.1 Å². The summed E-state index contributed by atoms with van der Waals surface area (Å²) in [5.74, 6) is -0.732. The molecular weight excluding hydrogens is 504 g/mol. The van der Waals surface area contributed by atoms with E-state index < -0.39 is 16.8 Å². The van der Waals surface area contributed by atoms with Crippen LogP contribution in [0, 0.1) is 0 Å². The van der Waals surface area contributed by atoms with E-state index >= 15 is 0 Å². The van der Waals surface area contributed by atoms with Gasteiger partial charge in [0.15, 0.2) is 17.3 Å². The van der Waals surface area contributed by atoms with Crippen LogP contribution in [-0.2, 0) is 6.42 Å². The predicted molar refractivity (Wildman–Crippen MR) is 156 cm³/mol. The van der Waals surface area contributed by atoms with Gasteiger partial charge in [0, 0.05) is 16.7 Å². The maximum Gasteiger partial charge on any atom is 0.194 e. The lowest BCUT2D eigenvalue weighted by Gasteiger charge is -2.30. The van der Waals surface area contributed by atoms with Gasteiger partial charge in [-0.1, -0.05) is 98.1 Å². The summed E-state index contributed by atoms with van der Waals surface area (Å²) in [6.45, 7) is 5.89. The Kier molecular flexibility index (Phi) is 9.96. The average molecular weight is 545 g/mol. The van der Waals surface area contributed by atoms with Crippen LogP contribution in [0.2, 0.25) is 0 Å². The molecule has 0 heterocycles. The fourth-order valence-electron chi connectivity index (χ4n) is 4.71. The second-order valence-corrected chi connectivity index (χ2v) is 11.6. The Balaban J connectivity index is 0.000000249. The molecule has 1 aliphatic carbocycles. The molecule has 1 saturated carbocycles. The second kappa shape index (κ2) is 12.8. The summed E-state index contributed by atoms with van der Waals surface area (Å²) in [6, 6.07) is 23.4. The van der Waals surface area contributed by atoms with Crippen molar-refractivity contribution in [3.05, 3.63) is 107 Å². The summed E-state index contributed by atoms with van der Waals surface area (Å²) in [6.07, 6.45) is 4.92. The monoisotopic (exact) mass is 544 g/mol. The molecule has 0 amide bonds. The minimum atomic E-state index is -1.38. The zero-order valence-electron chi connectivity index (χ0n) is 23.8. The number of rotatable bonds is 8. The van der Waals surface area contributed by atoms with Crippen molar-refractivity contribution in [2.24, 2.45) is 0 Å². The molecular formula is C34H40O6. The van der Waals surface area contributed by atoms with Crippen molar-refractivity contribution in [3.63, 3.8) is 0 Å². The van der Waals surface area contributed by atoms with Crippen molar-refractivity contribution < 1.29 is 29.7 Å². The first-order valence-electron chi connectivity index (χ1n) is 13.8. The summed E-state index contributed by atoms with van der Waals surface area (Å²) < 4.78 is 0. The van der Waals surface area contributed by atoms with Gasteiger partial charge in [-0.25, -0.2) is 0 Å². The Hall–Kier alpha value is -3.45. The quantitative estimate of drug-likeness (QED) is 0.312. The lowest BCUT2D eigenvalue weighted by molar-refractivity contribution is 0.0116. The van der Waals surface area contributed by atoms with Crippen molar-refractivity contribution >= 4 is 17.3 Å². The van der Waals surface area contributed by atoms with Gasteiger partial charge in [0.2, 0.25) is 0 Å². The summed E-state index contributed by atoms with van der Waals surface area (Å²) in [5, 5.41) is 29.8. The number of ketones is 3. The Bertz CT molecular complexity index is 1220. The van der Waals surface area contributed by atoms with Crippen LogP contribution in [0.3, 0.4) is 0 Å². The minimum absolute atomic E-state index is 0.109. The normalized spacial score (nSPS) is 15.0. The number of aliphatic hydroxyl groups is 3. The number of hydrogen-bond acceptors (Lipinski definition) is 6. The number of benzene rings is 3. The van der Waals surface area contributed by atoms with E-state index in [0.717, 1.165) is 30.4 Å². The highest BCUT2D eigenvalue weighted by molar-refractivity contribution is 6.03. The van der Waals surface area contributed by atoms with Gasteiger partial charge in [0.1, 0.15) is 16.8 Å². The zero-order valence-corrected chi connectivity index (χ0v) is 23.8. The molecule has 0 radical (unpaired) electrons. The van der Waals surface area contributed by atoms with E-state index in [9.17, 15) is 29.7 Å². The smallest absolute Gasteiger partial charge is 0.194 e. The van der Waals surface area contributed by atoms with E-state index in [1.54, 1.807) is 36.4 Å². The molecule has 3 N–H and O–H groups in total. The molecule has 0 aromatic heterocycles. The Labute approximate surface area is 236 Å². The number of Topliss-reactive ketones (excluding diaryl/α,β-unsaturated/α-hetero) is 3. The SMILES string of the molecule is CC(C)(O)C(=O)c1ccc(Cc2ccc(C(=O)C(C)(C)O)cc2)cc1.O=C(c1ccccc1)C1(O)CCCCC1. The fourth-order valence-corrected chi connectivity index (χ4v) is 4.71. The zero-order chi connectivity index (χ0) is 29.6. The molecule has 6 nitrogen and oxygen atoms in total. The van der Waals surface area contributed by atoms with E-state index in [-0.39, 0.29) is 17.3 Å². The van der Waals surface area contributed by atoms with Gasteiger partial charge in [0.05, 0.1) is 0 Å². The fraction of sp³-hybridized carbons (Fsp3) is 0.382. The van der Waals surface area contributed by atoms with Crippen LogP contribution in [0.1, 0.15) is 102 Å². The summed E-state index contributed by atoms with van der Waals surface area (Å²) in [5.41, 5.74) is -0.247. The topological polar surface area (TPSA) is 112 Å². The van der Waals surface area contributed by atoms with E-state index in [4.69, 9.17) is 0 Å². The maximum absolute atomic E-state index is 12.1. The molecule has 0 aliphatic heterocycles. The second-order valence-electron chi connectivity index (χ2n) is 11.6. The van der Waals surface area contributed by atoms with Gasteiger partial charge in [0.25, 0.3) is 0 Å². The summed E-state index contributed by atoms with van der Waals surface area (Å²) in [4.78, 5) is 36.1. The Morgan fingerprint density at radius 1 is 0.625 bits per heavy atom. The van der Waals surface area contributed by atoms with Gasteiger partial charge in [-0.15, -0.1) is 0 Å². The molecule has 0 saturated heterocycles. The molecule has 0 bridgehead atoms. The highest BCUT2D eigenvalue weighted by Gasteiger charge is 2.37. The van der Waals surface area contributed by atoms with Gasteiger partial charge < -0.3 is 15.3 Å². The standard InChI is InChI=1S/C21H24O4.C13H16O2/c1-20(2,24)18(22)16-9-5-14(6-10-16)13-15-7-11-17(12-8-15)19(23)21(3,4)25;14-12(11-7-3-1-4-8-11)13(15)9-5-2-6-10-13/h5-12,24-25H,13H2,1-4H3;1,3-4,7-8,15H,2,5-6,9-10H2. The number of carbonyl (C=O) groups is 3. The lowest BCUT2D eigenvalue weighted by atomic mass is 9.79. The van der Waals surface area contributed by atoms with E-state index in [1.165, 1.54) is 27.7 Å². The third-order valence-electron chi connectivity index (χ3n) is 7.09. The van der Waals surface area contributed by atoms with Gasteiger partial charge >= 0.3 is 0 Å². The molecule has 6 heteroatoms. The first-order valence-corrected chi connectivity index (χ1v) is 13.8. The van der Waals surface area contributed by atoms with Gasteiger partial charge in [-0.3, -0.25) is 14.4 Å². The highest BCUT2D eigenvalue weighted by atomic mass is 16.3. The van der Waals surface area contributed by atoms with Crippen LogP contribution in [0.25, 0.3) is 0 Å². The molecule has 40 heavy (non-hydrogen) atoms. The maximum atomic E-state index is 12.1. The molecule has 1 aliphatic rings. The molecule has 0 spiro atoms. The number of hydrogen-bond donors (Lipinski definition) is 3. The molecule has 3 aromatic rings. The van der Waals surface area contributed by atoms with E-state index in [2.05, 4.69) is 0 Å². The van der Waals surface area contributed by atoms with E-state index in [0.29, 0.717) is 36.0 Å². The summed E-state index contributed by atoms with van der Waals surface area (Å²) >= 11 is 0. The molecule has 212 valence electrons. The van der Waals surface area contributed by atoms with Gasteiger partial charge in [-0.2, -0.15) is 0 Å². The molecule has 0 unspecified atom stereocenters. The molecule has 4 rings (SSSR count). The number of carbonyl (C=O) groups excluding carboxylic acids is 3. The Morgan fingerprint density at radius 2 is 1.02 bits per heavy atom. The Morgan fingerprint density at radius 3 is 1.40 bits per heavy atom. The lowest BCUT2D eigenvalue weighted by Crippen LogP contribution is -2.40. The van der Waals surface area contributed by atoms with Crippen LogP contribution in [0.5, 0.6) is 0 Å². The van der Waals surface area contributed by atoms with E-state index in [1.807, 2.05) is 42.5 Å². The largest absolute Gasteiger partial charge is 0.382 e. The molecule has 3 aromatic carbocycles. The van der Waals surface area contributed by atoms with Crippen molar-refractivity contribution in [3.8, 4) is 0 Å². The van der Waals surface area contributed by atoms with Crippen molar-refractivity contribution in [2.45, 2.75) is 83.0 Å². The first kappa shape index (κ1) is 31.1. The van der Waals surface area contributed by atoms with Crippen LogP contribution < -0.4 is 0 Å². The average Bonchev–Trinajstić information content (AvgIpc) is 2.93.